The van der Waals surface area contributed by atoms with E-state index in [2.05, 4.69) is 5.27 Å². The van der Waals surface area contributed by atoms with Gasteiger partial charge in [0.05, 0.1) is 12.4 Å². The summed E-state index contributed by atoms with van der Waals surface area (Å²) >= 11 is 0. The third-order valence-electron chi connectivity index (χ3n) is 4.75. The lowest BCUT2D eigenvalue weighted by atomic mass is 10.3. The molecule has 29 heavy (non-hydrogen) atoms. The zero-order valence-electron chi connectivity index (χ0n) is 16.0. The minimum absolute atomic E-state index is 0.0947. The summed E-state index contributed by atoms with van der Waals surface area (Å²) in [6.45, 7) is 0.0124. The zero-order chi connectivity index (χ0) is 20.2. The van der Waals surface area contributed by atoms with Crippen LogP contribution in [0.15, 0.2) is 59.1 Å². The van der Waals surface area contributed by atoms with Crippen LogP contribution in [-0.2, 0) is 11.3 Å². The first-order valence-electron chi connectivity index (χ1n) is 9.35. The van der Waals surface area contributed by atoms with Crippen molar-refractivity contribution >= 4 is 5.91 Å². The molecule has 8 nitrogen and oxygen atoms in total. The SMILES string of the molecule is COc1ccc(-[n+]2noc([O-])c2CN(C(=O)COc2ccccc2)C2CC2)cc1. The number of rotatable bonds is 8. The third-order valence-corrected chi connectivity index (χ3v) is 4.75. The van der Waals surface area contributed by atoms with E-state index in [0.717, 1.165) is 12.8 Å². The molecule has 1 amide bonds. The lowest BCUT2D eigenvalue weighted by Crippen LogP contribution is -2.43. The number of para-hydroxylation sites is 1. The van der Waals surface area contributed by atoms with Gasteiger partial charge in [0.1, 0.15) is 18.0 Å². The fraction of sp³-hybridized carbons (Fsp3) is 0.286. The number of methoxy groups -OCH3 is 1. The second-order valence-corrected chi connectivity index (χ2v) is 6.77. The molecular weight excluding hydrogens is 374 g/mol. The maximum atomic E-state index is 12.8. The second-order valence-electron chi connectivity index (χ2n) is 6.77. The van der Waals surface area contributed by atoms with Crippen LogP contribution in [0.4, 0.5) is 0 Å². The maximum absolute atomic E-state index is 12.8. The number of nitrogens with zero attached hydrogens (tertiary/aromatic N) is 3. The molecule has 0 N–H and O–H groups in total. The molecule has 0 saturated heterocycles. The van der Waals surface area contributed by atoms with Crippen molar-refractivity contribution in [3.8, 4) is 23.1 Å². The molecule has 1 saturated carbocycles. The van der Waals surface area contributed by atoms with E-state index < -0.39 is 5.95 Å². The first kappa shape index (κ1) is 18.8. The normalized spacial score (nSPS) is 13.1. The summed E-state index contributed by atoms with van der Waals surface area (Å²) in [6.07, 6.45) is 1.80. The Kier molecular flexibility index (Phi) is 5.33. The van der Waals surface area contributed by atoms with Crippen LogP contribution in [0.3, 0.4) is 0 Å². The fourth-order valence-electron chi connectivity index (χ4n) is 3.04. The molecule has 1 fully saturated rings. The van der Waals surface area contributed by atoms with Gasteiger partial charge in [-0.15, -0.1) is 0 Å². The highest BCUT2D eigenvalue weighted by molar-refractivity contribution is 5.78. The number of hydrogen-bond donors (Lipinski definition) is 0. The van der Waals surface area contributed by atoms with E-state index in [0.29, 0.717) is 17.2 Å². The Bertz CT molecular complexity index is 968. The van der Waals surface area contributed by atoms with Crippen LogP contribution in [0, 0.1) is 0 Å². The summed E-state index contributed by atoms with van der Waals surface area (Å²) in [5.74, 6) is 0.565. The van der Waals surface area contributed by atoms with Crippen LogP contribution in [-0.4, -0.2) is 35.8 Å². The Morgan fingerprint density at radius 1 is 1.17 bits per heavy atom. The first-order chi connectivity index (χ1) is 14.2. The van der Waals surface area contributed by atoms with Crippen LogP contribution in [0.5, 0.6) is 17.4 Å². The molecule has 1 aliphatic carbocycles. The number of ether oxygens (including phenoxy) is 2. The molecule has 0 unspecified atom stereocenters. The standard InChI is InChI=1S/C21H21N3O5/c1-27-17-11-9-16(10-12-17)24-19(21(26)29-22-24)13-23(15-7-8-15)20(25)14-28-18-5-3-2-4-6-18/h2-6,9-12,15H,7-8,13-14H2,1H3. The average Bonchev–Trinajstić information content (AvgIpc) is 3.54. The Morgan fingerprint density at radius 3 is 2.55 bits per heavy atom. The average molecular weight is 395 g/mol. The van der Waals surface area contributed by atoms with Crippen LogP contribution < -0.4 is 19.3 Å². The van der Waals surface area contributed by atoms with Crippen molar-refractivity contribution in [2.24, 2.45) is 0 Å². The molecule has 0 aliphatic heterocycles. The lowest BCUT2D eigenvalue weighted by molar-refractivity contribution is -0.678. The van der Waals surface area contributed by atoms with Gasteiger partial charge in [-0.05, 0) is 41.8 Å². The van der Waals surface area contributed by atoms with Crippen LogP contribution >= 0.6 is 0 Å². The molecule has 0 bridgehead atoms. The van der Waals surface area contributed by atoms with Gasteiger partial charge in [-0.25, -0.2) is 0 Å². The van der Waals surface area contributed by atoms with Gasteiger partial charge in [-0.2, -0.15) is 0 Å². The van der Waals surface area contributed by atoms with E-state index in [1.807, 2.05) is 18.2 Å². The van der Waals surface area contributed by atoms with Gasteiger partial charge in [0.25, 0.3) is 11.6 Å². The molecule has 1 aliphatic rings. The molecule has 2 aromatic carbocycles. The van der Waals surface area contributed by atoms with E-state index >= 15 is 0 Å². The fourth-order valence-corrected chi connectivity index (χ4v) is 3.04. The van der Waals surface area contributed by atoms with Gasteiger partial charge in [0, 0.05) is 18.2 Å². The smallest absolute Gasteiger partial charge is 0.261 e. The quantitative estimate of drug-likeness (QED) is 0.538. The van der Waals surface area contributed by atoms with Crippen LogP contribution in [0.25, 0.3) is 5.69 Å². The molecule has 0 spiro atoms. The molecule has 3 aromatic rings. The van der Waals surface area contributed by atoms with Crippen molar-refractivity contribution in [2.45, 2.75) is 25.4 Å². The van der Waals surface area contributed by atoms with Crippen molar-refractivity contribution in [2.75, 3.05) is 13.7 Å². The molecular formula is C21H21N3O5. The van der Waals surface area contributed by atoms with Gasteiger partial charge in [0.2, 0.25) is 5.69 Å². The highest BCUT2D eigenvalue weighted by atomic mass is 16.6. The summed E-state index contributed by atoms with van der Waals surface area (Å²) in [5, 5.41) is 16.1. The highest BCUT2D eigenvalue weighted by Crippen LogP contribution is 2.29. The van der Waals surface area contributed by atoms with Gasteiger partial charge >= 0.3 is 0 Å². The predicted molar refractivity (Wildman–Crippen MR) is 99.5 cm³/mol. The topological polar surface area (TPSA) is 91.7 Å². The summed E-state index contributed by atoms with van der Waals surface area (Å²) in [5.41, 5.74) is 0.936. The van der Waals surface area contributed by atoms with Crippen molar-refractivity contribution < 1.29 is 28.6 Å². The van der Waals surface area contributed by atoms with E-state index in [1.54, 1.807) is 48.4 Å². The van der Waals surface area contributed by atoms with Crippen molar-refractivity contribution in [3.05, 3.63) is 60.3 Å². The number of carbonyl (C=O) groups excluding carboxylic acids is 1. The lowest BCUT2D eigenvalue weighted by Gasteiger charge is -2.21. The maximum Gasteiger partial charge on any atom is 0.261 e. The minimum atomic E-state index is -0.566. The first-order valence-corrected chi connectivity index (χ1v) is 9.35. The molecule has 0 radical (unpaired) electrons. The molecule has 150 valence electrons. The van der Waals surface area contributed by atoms with E-state index in [1.165, 1.54) is 4.68 Å². The van der Waals surface area contributed by atoms with Crippen molar-refractivity contribution in [3.63, 3.8) is 0 Å². The Labute approximate surface area is 167 Å². The minimum Gasteiger partial charge on any atom is -0.539 e. The molecule has 0 atom stereocenters. The molecule has 1 aromatic heterocycles. The van der Waals surface area contributed by atoms with Gasteiger partial charge in [-0.1, -0.05) is 18.2 Å². The van der Waals surface area contributed by atoms with Gasteiger partial charge in [-0.3, -0.25) is 4.79 Å². The van der Waals surface area contributed by atoms with Crippen molar-refractivity contribution in [1.29, 1.82) is 0 Å². The summed E-state index contributed by atoms with van der Waals surface area (Å²) in [4.78, 5) is 14.5. The molecule has 1 heterocycles. The summed E-state index contributed by atoms with van der Waals surface area (Å²) < 4.78 is 17.0. The summed E-state index contributed by atoms with van der Waals surface area (Å²) in [7, 11) is 1.58. The van der Waals surface area contributed by atoms with E-state index in [4.69, 9.17) is 14.0 Å². The number of amides is 1. The monoisotopic (exact) mass is 395 g/mol. The third kappa shape index (κ3) is 4.31. The van der Waals surface area contributed by atoms with Crippen molar-refractivity contribution in [1.82, 2.24) is 10.2 Å². The Hall–Kier alpha value is -3.55. The predicted octanol–water partition coefficient (Wildman–Crippen LogP) is 1.60. The Morgan fingerprint density at radius 2 is 1.90 bits per heavy atom. The molecule has 4 rings (SSSR count). The zero-order valence-corrected chi connectivity index (χ0v) is 16.0. The molecule has 8 heteroatoms. The van der Waals surface area contributed by atoms with Gasteiger partial charge in [0.15, 0.2) is 12.6 Å². The highest BCUT2D eigenvalue weighted by Gasteiger charge is 2.36. The van der Waals surface area contributed by atoms with Gasteiger partial charge < -0.3 is 24.0 Å². The number of benzene rings is 2. The largest absolute Gasteiger partial charge is 0.539 e. The second kappa shape index (κ2) is 8.22. The number of hydrogen-bond acceptors (Lipinski definition) is 6. The van der Waals surface area contributed by atoms with E-state index in [9.17, 15) is 9.90 Å². The van der Waals surface area contributed by atoms with E-state index in [-0.39, 0.29) is 30.8 Å². The van der Waals surface area contributed by atoms with Crippen LogP contribution in [0.2, 0.25) is 0 Å². The summed E-state index contributed by atoms with van der Waals surface area (Å²) in [6, 6.07) is 16.3. The van der Waals surface area contributed by atoms with Crippen LogP contribution in [0.1, 0.15) is 18.5 Å². The number of carbonyl (C=O) groups is 1. The Balaban J connectivity index is 1.51. The number of aromatic nitrogens is 2.